The molecule has 0 spiro atoms. The second-order valence-corrected chi connectivity index (χ2v) is 10.4. The highest BCUT2D eigenvalue weighted by molar-refractivity contribution is 6.30. The van der Waals surface area contributed by atoms with E-state index in [2.05, 4.69) is 15.0 Å². The summed E-state index contributed by atoms with van der Waals surface area (Å²) in [6, 6.07) is 1.54. The number of piperidine rings is 1. The first-order valence-corrected chi connectivity index (χ1v) is 13.0. The number of nitrogens with zero attached hydrogens (tertiary/aromatic N) is 5. The lowest BCUT2D eigenvalue weighted by atomic mass is 10.0. The molecule has 0 radical (unpaired) electrons. The predicted octanol–water partition coefficient (Wildman–Crippen LogP) is 3.84. The van der Waals surface area contributed by atoms with Crippen molar-refractivity contribution >= 4 is 22.9 Å². The van der Waals surface area contributed by atoms with E-state index in [0.29, 0.717) is 86.7 Å². The lowest BCUT2D eigenvalue weighted by molar-refractivity contribution is -0.0847. The Morgan fingerprint density at radius 1 is 1.11 bits per heavy atom. The Balaban J connectivity index is 1.25. The highest BCUT2D eigenvalue weighted by Crippen LogP contribution is 2.44. The summed E-state index contributed by atoms with van der Waals surface area (Å²) < 4.78 is 68.7. The van der Waals surface area contributed by atoms with E-state index in [1.807, 2.05) is 4.90 Å². The van der Waals surface area contributed by atoms with Gasteiger partial charge in [-0.05, 0) is 12.5 Å². The lowest BCUT2D eigenvalue weighted by Crippen LogP contribution is -2.55. The van der Waals surface area contributed by atoms with E-state index in [-0.39, 0.29) is 18.0 Å². The molecular formula is C25H28ClF4N5O2. The molecular weight excluding hydrogens is 514 g/mol. The van der Waals surface area contributed by atoms with Gasteiger partial charge in [0, 0.05) is 61.5 Å². The van der Waals surface area contributed by atoms with Gasteiger partial charge in [0.1, 0.15) is 11.3 Å². The van der Waals surface area contributed by atoms with E-state index in [1.54, 1.807) is 16.9 Å². The number of pyridine rings is 1. The van der Waals surface area contributed by atoms with E-state index in [0.717, 1.165) is 6.54 Å². The Kier molecular flexibility index (Phi) is 6.67. The zero-order chi connectivity index (χ0) is 25.7. The smallest absolute Gasteiger partial charge is 0.378 e. The second-order valence-electron chi connectivity index (χ2n) is 10.0. The van der Waals surface area contributed by atoms with Gasteiger partial charge in [-0.2, -0.15) is 18.3 Å². The molecule has 2 aromatic heterocycles. The van der Waals surface area contributed by atoms with Crippen LogP contribution < -0.4 is 4.90 Å². The number of anilines is 1. The molecule has 0 unspecified atom stereocenters. The summed E-state index contributed by atoms with van der Waals surface area (Å²) in [5.41, 5.74) is 1.72. The standard InChI is InChI=1S/C25H28ClF4N5O2/c26-24-15(11-31-35(24)21-3-4-34(12-19(21)27)17-13-37-14-17)9-16-10-22(33-5-7-36-8-6-33)23-18(25(28,29)30)1-2-20(23)32-16/h1,10-11,17,19,21H,2-9,12-14H2/t19-,21-/m0/s1. The van der Waals surface area contributed by atoms with Crippen LogP contribution in [-0.2, 0) is 22.3 Å². The van der Waals surface area contributed by atoms with E-state index < -0.39 is 24.0 Å². The minimum absolute atomic E-state index is 0.122. The van der Waals surface area contributed by atoms with Gasteiger partial charge in [0.15, 0.2) is 0 Å². The molecule has 0 N–H and O–H groups in total. The van der Waals surface area contributed by atoms with Crippen molar-refractivity contribution in [1.82, 2.24) is 19.7 Å². The van der Waals surface area contributed by atoms with Gasteiger partial charge in [0.25, 0.3) is 0 Å². The Morgan fingerprint density at radius 2 is 1.89 bits per heavy atom. The molecule has 0 bridgehead atoms. The van der Waals surface area contributed by atoms with Gasteiger partial charge >= 0.3 is 6.18 Å². The van der Waals surface area contributed by atoms with Crippen molar-refractivity contribution in [3.63, 3.8) is 0 Å². The summed E-state index contributed by atoms with van der Waals surface area (Å²) in [7, 11) is 0. The molecule has 3 fully saturated rings. The monoisotopic (exact) mass is 541 g/mol. The largest absolute Gasteiger partial charge is 0.416 e. The third-order valence-corrected chi connectivity index (χ3v) is 8.13. The van der Waals surface area contributed by atoms with Crippen molar-refractivity contribution in [3.05, 3.63) is 46.0 Å². The number of alkyl halides is 4. The maximum Gasteiger partial charge on any atom is 0.416 e. The minimum Gasteiger partial charge on any atom is -0.378 e. The average molecular weight is 542 g/mol. The Bertz CT molecular complexity index is 1190. The normalized spacial score (nSPS) is 25.2. The molecule has 12 heteroatoms. The van der Waals surface area contributed by atoms with Crippen LogP contribution in [0.25, 0.3) is 5.57 Å². The van der Waals surface area contributed by atoms with Gasteiger partial charge in [0.2, 0.25) is 0 Å². The topological polar surface area (TPSA) is 55.7 Å². The fourth-order valence-corrected chi connectivity index (χ4v) is 5.95. The van der Waals surface area contributed by atoms with Crippen LogP contribution in [0.3, 0.4) is 0 Å². The number of allylic oxidation sites excluding steroid dienone is 2. The summed E-state index contributed by atoms with van der Waals surface area (Å²) in [6.45, 7) is 4.25. The number of hydrogen-bond acceptors (Lipinski definition) is 6. The third-order valence-electron chi connectivity index (χ3n) is 7.72. The molecule has 2 atom stereocenters. The van der Waals surface area contributed by atoms with Crippen molar-refractivity contribution in [2.75, 3.05) is 57.5 Å². The molecule has 0 aromatic carbocycles. The first-order chi connectivity index (χ1) is 17.8. The van der Waals surface area contributed by atoms with Gasteiger partial charge in [-0.15, -0.1) is 0 Å². The van der Waals surface area contributed by atoms with Crippen LogP contribution in [0.15, 0.2) is 18.3 Å². The molecule has 200 valence electrons. The van der Waals surface area contributed by atoms with Crippen molar-refractivity contribution in [2.24, 2.45) is 0 Å². The molecule has 6 rings (SSSR count). The lowest BCUT2D eigenvalue weighted by Gasteiger charge is -2.42. The Labute approximate surface area is 217 Å². The molecule has 3 aliphatic heterocycles. The van der Waals surface area contributed by atoms with Crippen molar-refractivity contribution in [3.8, 4) is 0 Å². The van der Waals surface area contributed by atoms with Gasteiger partial charge in [0.05, 0.1) is 56.0 Å². The summed E-state index contributed by atoms with van der Waals surface area (Å²) in [6.07, 6.45) is -1.75. The van der Waals surface area contributed by atoms with Crippen LogP contribution in [0.1, 0.15) is 35.0 Å². The number of rotatable bonds is 5. The van der Waals surface area contributed by atoms with Crippen LogP contribution >= 0.6 is 11.6 Å². The van der Waals surface area contributed by atoms with Crippen molar-refractivity contribution < 1.29 is 27.0 Å². The maximum atomic E-state index is 15.1. The number of ether oxygens (including phenoxy) is 2. The van der Waals surface area contributed by atoms with Gasteiger partial charge < -0.3 is 14.4 Å². The van der Waals surface area contributed by atoms with Crippen molar-refractivity contribution in [1.29, 1.82) is 0 Å². The first kappa shape index (κ1) is 25.1. The quantitative estimate of drug-likeness (QED) is 0.536. The van der Waals surface area contributed by atoms with Crippen LogP contribution in [-0.4, -0.2) is 90.7 Å². The molecule has 2 aromatic rings. The van der Waals surface area contributed by atoms with E-state index in [4.69, 9.17) is 21.1 Å². The molecule has 3 saturated heterocycles. The Morgan fingerprint density at radius 3 is 2.57 bits per heavy atom. The van der Waals surface area contributed by atoms with Crippen LogP contribution in [0.5, 0.6) is 0 Å². The van der Waals surface area contributed by atoms with Crippen LogP contribution in [0.2, 0.25) is 5.15 Å². The number of morpholine rings is 1. The highest BCUT2D eigenvalue weighted by atomic mass is 35.5. The molecule has 0 saturated carbocycles. The van der Waals surface area contributed by atoms with Gasteiger partial charge in [-0.25, -0.2) is 9.07 Å². The third kappa shape index (κ3) is 4.75. The van der Waals surface area contributed by atoms with E-state index in [1.165, 1.54) is 6.08 Å². The predicted molar refractivity (Wildman–Crippen MR) is 130 cm³/mol. The number of aromatic nitrogens is 3. The summed E-state index contributed by atoms with van der Waals surface area (Å²) >= 11 is 6.69. The number of halogens is 5. The molecule has 37 heavy (non-hydrogen) atoms. The van der Waals surface area contributed by atoms with Gasteiger partial charge in [-0.1, -0.05) is 17.7 Å². The molecule has 1 aliphatic carbocycles. The average Bonchev–Trinajstić information content (AvgIpc) is 3.42. The number of likely N-dealkylation sites (tertiary alicyclic amines) is 1. The van der Waals surface area contributed by atoms with Crippen molar-refractivity contribution in [2.45, 2.75) is 43.7 Å². The molecule has 4 aliphatic rings. The molecule has 0 amide bonds. The van der Waals surface area contributed by atoms with Crippen LogP contribution in [0, 0.1) is 0 Å². The first-order valence-electron chi connectivity index (χ1n) is 12.6. The summed E-state index contributed by atoms with van der Waals surface area (Å²) in [5, 5.41) is 4.75. The number of hydrogen-bond donors (Lipinski definition) is 0. The summed E-state index contributed by atoms with van der Waals surface area (Å²) in [4.78, 5) is 8.64. The number of fused-ring (bicyclic) bond motifs is 1. The fraction of sp³-hybridized carbons (Fsp3) is 0.600. The fourth-order valence-electron chi connectivity index (χ4n) is 5.67. The van der Waals surface area contributed by atoms with E-state index >= 15 is 4.39 Å². The van der Waals surface area contributed by atoms with E-state index in [9.17, 15) is 13.2 Å². The molecule has 7 nitrogen and oxygen atoms in total. The zero-order valence-corrected chi connectivity index (χ0v) is 20.9. The highest BCUT2D eigenvalue weighted by Gasteiger charge is 2.41. The SMILES string of the molecule is F[C@H]1CN(C2COC2)CC[C@@H]1n1ncc(Cc2cc(N3CCOCC3)c3c(n2)CC=C3C(F)(F)F)c1Cl. The summed E-state index contributed by atoms with van der Waals surface area (Å²) in [5.74, 6) is 0. The Hall–Kier alpha value is -2.21. The van der Waals surface area contributed by atoms with Crippen LogP contribution in [0.4, 0.5) is 23.2 Å². The maximum absolute atomic E-state index is 15.1. The minimum atomic E-state index is -4.45. The van der Waals surface area contributed by atoms with Gasteiger partial charge in [-0.3, -0.25) is 9.88 Å². The second kappa shape index (κ2) is 9.83. The zero-order valence-electron chi connectivity index (χ0n) is 20.2. The molecule has 5 heterocycles.